The highest BCUT2D eigenvalue weighted by Gasteiger charge is 2.49. The van der Waals surface area contributed by atoms with Crippen LogP contribution in [0.2, 0.25) is 16.6 Å². The van der Waals surface area contributed by atoms with E-state index in [1.54, 1.807) is 28.4 Å². The average molecular weight is 614 g/mol. The highest BCUT2D eigenvalue weighted by atomic mass is 28.4. The van der Waals surface area contributed by atoms with Crippen molar-refractivity contribution >= 4 is 20.5 Å². The predicted molar refractivity (Wildman–Crippen MR) is 167 cm³/mol. The van der Waals surface area contributed by atoms with Gasteiger partial charge in [-0.1, -0.05) is 47.6 Å². The van der Waals surface area contributed by atoms with Gasteiger partial charge in [0.2, 0.25) is 0 Å². The molecule has 1 aromatic carbocycles. The Balaban J connectivity index is 1.85. The van der Waals surface area contributed by atoms with Gasteiger partial charge in [-0.15, -0.1) is 0 Å². The van der Waals surface area contributed by atoms with Crippen molar-refractivity contribution in [2.24, 2.45) is 0 Å². The fourth-order valence-electron chi connectivity index (χ4n) is 6.35. The molecule has 1 fully saturated rings. The Hall–Kier alpha value is -3.39. The minimum absolute atomic E-state index is 0.00423. The number of nitrogens with zero attached hydrogens (tertiary/aromatic N) is 5. The lowest BCUT2D eigenvalue weighted by Gasteiger charge is -2.43. The van der Waals surface area contributed by atoms with Gasteiger partial charge in [0.25, 0.3) is 8.32 Å². The topological polar surface area (TPSA) is 101 Å². The number of hydrogen-bond donors (Lipinski definition) is 0. The van der Waals surface area contributed by atoms with Crippen LogP contribution in [0, 0.1) is 17.1 Å². The van der Waals surface area contributed by atoms with Crippen molar-refractivity contribution in [1.29, 1.82) is 5.26 Å². The zero-order valence-corrected chi connectivity index (χ0v) is 28.2. The second-order valence-corrected chi connectivity index (χ2v) is 18.8. The number of rotatable bonds is 10. The minimum Gasteiger partial charge on any atom is -0.503 e. The van der Waals surface area contributed by atoms with Crippen LogP contribution in [-0.2, 0) is 22.1 Å². The van der Waals surface area contributed by atoms with E-state index in [0.717, 1.165) is 5.69 Å². The van der Waals surface area contributed by atoms with Crippen molar-refractivity contribution in [2.45, 2.75) is 110 Å². The van der Waals surface area contributed by atoms with Gasteiger partial charge in [0.15, 0.2) is 0 Å². The standard InChI is InChI=1S/C32H48FN5O4Si/c1-22(2)43(23(3)4,24(5)6)42-31(40)38(28-12-14-36(20-28)30(39)41-32(7,8)9)15-13-27-18-35-21-37(27)19-25-10-11-26(17-34)29(33)16-25/h10-11,16,18,21-24,28H,12-15,19-20H2,1-9H3/t28-/m0/s1. The number of aromatic nitrogens is 2. The van der Waals surface area contributed by atoms with E-state index in [1.165, 1.54) is 12.1 Å². The maximum atomic E-state index is 14.2. The Labute approximate surface area is 257 Å². The van der Waals surface area contributed by atoms with Crippen molar-refractivity contribution in [3.63, 3.8) is 0 Å². The van der Waals surface area contributed by atoms with Gasteiger partial charge in [-0.25, -0.2) is 19.0 Å². The highest BCUT2D eigenvalue weighted by molar-refractivity contribution is 6.78. The number of likely N-dealkylation sites (tertiary alicyclic amines) is 1. The number of ether oxygens (including phenoxy) is 1. The number of benzene rings is 1. The van der Waals surface area contributed by atoms with Crippen LogP contribution in [0.15, 0.2) is 30.7 Å². The van der Waals surface area contributed by atoms with Gasteiger partial charge in [0.1, 0.15) is 17.5 Å². The summed E-state index contributed by atoms with van der Waals surface area (Å²) in [6, 6.07) is 6.20. The van der Waals surface area contributed by atoms with Crippen molar-refractivity contribution in [3.8, 4) is 6.07 Å². The van der Waals surface area contributed by atoms with Gasteiger partial charge in [0.05, 0.1) is 17.9 Å². The Bertz CT molecular complexity index is 1290. The summed E-state index contributed by atoms with van der Waals surface area (Å²) in [5.74, 6) is -0.556. The first-order chi connectivity index (χ1) is 20.1. The molecule has 2 amide bonds. The Morgan fingerprint density at radius 1 is 1.16 bits per heavy atom. The molecule has 1 atom stereocenters. The van der Waals surface area contributed by atoms with Crippen LogP contribution < -0.4 is 0 Å². The third-order valence-electron chi connectivity index (χ3n) is 8.38. The van der Waals surface area contributed by atoms with Gasteiger partial charge >= 0.3 is 12.2 Å². The number of halogens is 1. The maximum absolute atomic E-state index is 14.2. The summed E-state index contributed by atoms with van der Waals surface area (Å²) in [6.07, 6.45) is 3.84. The lowest BCUT2D eigenvalue weighted by atomic mass is 10.1. The summed E-state index contributed by atoms with van der Waals surface area (Å²) < 4.78 is 28.4. The van der Waals surface area contributed by atoms with Gasteiger partial charge in [-0.2, -0.15) is 5.26 Å². The highest BCUT2D eigenvalue weighted by Crippen LogP contribution is 2.43. The summed E-state index contributed by atoms with van der Waals surface area (Å²) >= 11 is 0. The van der Waals surface area contributed by atoms with Gasteiger partial charge in [0, 0.05) is 44.5 Å². The number of amides is 2. The van der Waals surface area contributed by atoms with E-state index in [0.29, 0.717) is 44.6 Å². The fraction of sp³-hybridized carbons (Fsp3) is 0.625. The summed E-state index contributed by atoms with van der Waals surface area (Å²) in [4.78, 5) is 34.7. The molecule has 0 bridgehead atoms. The minimum atomic E-state index is -2.52. The number of hydrogen-bond acceptors (Lipinski definition) is 6. The lowest BCUT2D eigenvalue weighted by Crippen LogP contribution is -2.54. The van der Waals surface area contributed by atoms with Crippen LogP contribution in [0.4, 0.5) is 14.0 Å². The Morgan fingerprint density at radius 2 is 1.81 bits per heavy atom. The van der Waals surface area contributed by atoms with Crippen molar-refractivity contribution in [1.82, 2.24) is 19.4 Å². The normalized spacial score (nSPS) is 15.7. The molecule has 3 rings (SSSR count). The number of imidazole rings is 1. The number of carbonyl (C=O) groups is 2. The molecular formula is C32H48FN5O4Si. The first kappa shape index (κ1) is 34.1. The predicted octanol–water partition coefficient (Wildman–Crippen LogP) is 7.11. The first-order valence-electron chi connectivity index (χ1n) is 15.2. The van der Waals surface area contributed by atoms with Crippen molar-refractivity contribution < 1.29 is 23.1 Å². The first-order valence-corrected chi connectivity index (χ1v) is 17.4. The van der Waals surface area contributed by atoms with Crippen LogP contribution >= 0.6 is 0 Å². The number of nitriles is 1. The smallest absolute Gasteiger partial charge is 0.410 e. The second kappa shape index (κ2) is 13.9. The quantitative estimate of drug-likeness (QED) is 0.265. The van der Waals surface area contributed by atoms with Gasteiger partial charge in [-0.3, -0.25) is 0 Å². The summed E-state index contributed by atoms with van der Waals surface area (Å²) in [5.41, 5.74) is 1.67. The molecule has 43 heavy (non-hydrogen) atoms. The van der Waals surface area contributed by atoms with E-state index in [4.69, 9.17) is 14.4 Å². The molecule has 0 radical (unpaired) electrons. The number of carbonyl (C=O) groups excluding carboxylic acids is 2. The molecule has 2 heterocycles. The molecule has 9 nitrogen and oxygen atoms in total. The van der Waals surface area contributed by atoms with Crippen molar-refractivity contribution in [3.05, 3.63) is 53.4 Å². The van der Waals surface area contributed by atoms with Crippen LogP contribution in [-0.4, -0.2) is 71.1 Å². The zero-order chi connectivity index (χ0) is 32.1. The maximum Gasteiger partial charge on any atom is 0.410 e. The molecule has 0 unspecified atom stereocenters. The monoisotopic (exact) mass is 613 g/mol. The zero-order valence-electron chi connectivity index (χ0n) is 27.2. The molecule has 0 spiro atoms. The van der Waals surface area contributed by atoms with Crippen LogP contribution in [0.3, 0.4) is 0 Å². The van der Waals surface area contributed by atoms with E-state index in [2.05, 4.69) is 46.5 Å². The molecule has 1 aliphatic rings. The third-order valence-corrected chi connectivity index (χ3v) is 14.3. The molecule has 0 saturated carbocycles. The van der Waals surface area contributed by atoms with Gasteiger partial charge < -0.3 is 23.5 Å². The van der Waals surface area contributed by atoms with E-state index >= 15 is 0 Å². The van der Waals surface area contributed by atoms with E-state index < -0.39 is 19.7 Å². The summed E-state index contributed by atoms with van der Waals surface area (Å²) in [6.45, 7) is 20.0. The van der Waals surface area contributed by atoms with Crippen molar-refractivity contribution in [2.75, 3.05) is 19.6 Å². The molecule has 1 aliphatic heterocycles. The molecule has 1 saturated heterocycles. The fourth-order valence-corrected chi connectivity index (χ4v) is 11.5. The van der Waals surface area contributed by atoms with Crippen LogP contribution in [0.5, 0.6) is 0 Å². The summed E-state index contributed by atoms with van der Waals surface area (Å²) in [7, 11) is -2.52. The second-order valence-electron chi connectivity index (χ2n) is 13.4. The Morgan fingerprint density at radius 3 is 2.37 bits per heavy atom. The largest absolute Gasteiger partial charge is 0.503 e. The third kappa shape index (κ3) is 8.16. The molecule has 11 heteroatoms. The van der Waals surface area contributed by atoms with E-state index in [-0.39, 0.29) is 40.4 Å². The van der Waals surface area contributed by atoms with E-state index in [1.807, 2.05) is 31.4 Å². The average Bonchev–Trinajstić information content (AvgIpc) is 3.56. The molecule has 236 valence electrons. The molecule has 0 aliphatic carbocycles. The van der Waals surface area contributed by atoms with Gasteiger partial charge in [-0.05, 0) is 61.5 Å². The SMILES string of the molecule is CC(C)[Si](OC(=O)N(CCc1cncn1Cc1ccc(C#N)c(F)c1)[C@H]1CCN(C(=O)OC(C)(C)C)C1)(C(C)C)C(C)C. The lowest BCUT2D eigenvalue weighted by molar-refractivity contribution is 0.0279. The molecule has 2 aromatic rings. The molecular weight excluding hydrogens is 565 g/mol. The molecule has 0 N–H and O–H groups in total. The summed E-state index contributed by atoms with van der Waals surface area (Å²) in [5, 5.41) is 9.05. The Kier molecular flexibility index (Phi) is 11.0. The molecule has 1 aromatic heterocycles. The van der Waals surface area contributed by atoms with Crippen LogP contribution in [0.1, 0.15) is 85.6 Å². The van der Waals surface area contributed by atoms with Crippen LogP contribution in [0.25, 0.3) is 0 Å². The van der Waals surface area contributed by atoms with E-state index in [9.17, 15) is 14.0 Å².